The first-order valence-electron chi connectivity index (χ1n) is 7.03. The monoisotopic (exact) mass is 264 g/mol. The van der Waals surface area contributed by atoms with Crippen LogP contribution < -0.4 is 10.2 Å². The van der Waals surface area contributed by atoms with Gasteiger partial charge in [-0.2, -0.15) is 5.10 Å². The second-order valence-electron chi connectivity index (χ2n) is 5.24. The van der Waals surface area contributed by atoms with Gasteiger partial charge in [-0.1, -0.05) is 0 Å². The lowest BCUT2D eigenvalue weighted by Crippen LogP contribution is -2.40. The topological polar surface area (TPSA) is 50.3 Å². The molecule has 1 aromatic rings. The average molecular weight is 264 g/mol. The van der Waals surface area contributed by atoms with E-state index in [1.807, 2.05) is 0 Å². The lowest BCUT2D eigenvalue weighted by molar-refractivity contribution is 0.197. The molecular weight excluding hydrogens is 240 g/mol. The van der Waals surface area contributed by atoms with Crippen molar-refractivity contribution in [3.8, 4) is 0 Å². The van der Waals surface area contributed by atoms with Gasteiger partial charge in [0.2, 0.25) is 0 Å². The minimum atomic E-state index is 0.688. The molecule has 1 unspecified atom stereocenters. The van der Waals surface area contributed by atoms with Crippen LogP contribution in [0.3, 0.4) is 0 Å². The Hall–Kier alpha value is -1.20. The number of hydrogen-bond donors (Lipinski definition) is 1. The molecule has 1 saturated heterocycles. The summed E-state index contributed by atoms with van der Waals surface area (Å²) >= 11 is 0. The molecule has 0 aliphatic carbocycles. The molecule has 1 N–H and O–H groups in total. The van der Waals surface area contributed by atoms with Gasteiger partial charge in [0.15, 0.2) is 5.82 Å². The van der Waals surface area contributed by atoms with Crippen LogP contribution in [-0.4, -0.2) is 50.1 Å². The first kappa shape index (κ1) is 14.2. The number of anilines is 1. The fourth-order valence-electron chi connectivity index (χ4n) is 2.52. The maximum atomic E-state index is 5.04. The Labute approximate surface area is 115 Å². The Morgan fingerprint density at radius 3 is 3.21 bits per heavy atom. The molecule has 19 heavy (non-hydrogen) atoms. The lowest BCUT2D eigenvalue weighted by Gasteiger charge is -2.33. The summed E-state index contributed by atoms with van der Waals surface area (Å²) < 4.78 is 5.04. The van der Waals surface area contributed by atoms with E-state index in [2.05, 4.69) is 33.4 Å². The Morgan fingerprint density at radius 2 is 2.42 bits per heavy atom. The number of ether oxygens (including phenoxy) is 1. The molecule has 1 aliphatic rings. The summed E-state index contributed by atoms with van der Waals surface area (Å²) in [6.45, 7) is 6.98. The molecule has 2 heterocycles. The van der Waals surface area contributed by atoms with E-state index in [9.17, 15) is 0 Å². The molecule has 5 heteroatoms. The number of aromatic nitrogens is 2. The summed E-state index contributed by atoms with van der Waals surface area (Å²) in [5.74, 6) is 1.70. The molecule has 1 aromatic heterocycles. The van der Waals surface area contributed by atoms with E-state index in [4.69, 9.17) is 4.74 Å². The maximum absolute atomic E-state index is 5.04. The van der Waals surface area contributed by atoms with Crippen molar-refractivity contribution in [2.75, 3.05) is 44.8 Å². The van der Waals surface area contributed by atoms with Gasteiger partial charge < -0.3 is 15.0 Å². The molecule has 0 spiro atoms. The Bertz CT molecular complexity index is 385. The van der Waals surface area contributed by atoms with Gasteiger partial charge in [-0.25, -0.2) is 0 Å². The summed E-state index contributed by atoms with van der Waals surface area (Å²) in [5.41, 5.74) is 1.17. The molecule has 0 amide bonds. The van der Waals surface area contributed by atoms with Crippen LogP contribution in [0.2, 0.25) is 0 Å². The van der Waals surface area contributed by atoms with Crippen molar-refractivity contribution in [1.29, 1.82) is 0 Å². The number of hydrogen-bond acceptors (Lipinski definition) is 5. The molecule has 0 saturated carbocycles. The second kappa shape index (κ2) is 7.40. The quantitative estimate of drug-likeness (QED) is 0.783. The zero-order chi connectivity index (χ0) is 13.5. The summed E-state index contributed by atoms with van der Waals surface area (Å²) in [5, 5.41) is 11.7. The van der Waals surface area contributed by atoms with E-state index in [0.29, 0.717) is 5.92 Å². The molecule has 0 aromatic carbocycles. The molecule has 2 rings (SSSR count). The highest BCUT2D eigenvalue weighted by atomic mass is 16.5. The van der Waals surface area contributed by atoms with Gasteiger partial charge in [0.1, 0.15) is 0 Å². The van der Waals surface area contributed by atoms with Crippen molar-refractivity contribution in [2.45, 2.75) is 19.8 Å². The van der Waals surface area contributed by atoms with Crippen LogP contribution in [-0.2, 0) is 4.74 Å². The highest BCUT2D eigenvalue weighted by Crippen LogP contribution is 2.21. The van der Waals surface area contributed by atoms with Crippen molar-refractivity contribution >= 4 is 5.82 Å². The fraction of sp³-hybridized carbons (Fsp3) is 0.714. The van der Waals surface area contributed by atoms with Crippen LogP contribution >= 0.6 is 0 Å². The Morgan fingerprint density at radius 1 is 1.53 bits per heavy atom. The van der Waals surface area contributed by atoms with E-state index in [1.165, 1.54) is 18.4 Å². The second-order valence-corrected chi connectivity index (χ2v) is 5.24. The third-order valence-corrected chi connectivity index (χ3v) is 3.54. The lowest BCUT2D eigenvalue weighted by atomic mass is 9.98. The highest BCUT2D eigenvalue weighted by Gasteiger charge is 2.20. The van der Waals surface area contributed by atoms with Crippen LogP contribution in [0.5, 0.6) is 0 Å². The smallest absolute Gasteiger partial charge is 0.151 e. The molecule has 5 nitrogen and oxygen atoms in total. The van der Waals surface area contributed by atoms with Gasteiger partial charge in [-0.15, -0.1) is 5.10 Å². The number of rotatable bonds is 6. The number of piperidine rings is 1. The van der Waals surface area contributed by atoms with Crippen molar-refractivity contribution in [3.05, 3.63) is 17.8 Å². The van der Waals surface area contributed by atoms with E-state index < -0.39 is 0 Å². The minimum absolute atomic E-state index is 0.688. The number of methoxy groups -OCH3 is 1. The molecule has 0 radical (unpaired) electrons. The van der Waals surface area contributed by atoms with E-state index in [0.717, 1.165) is 38.6 Å². The molecule has 0 bridgehead atoms. The minimum Gasteiger partial charge on any atom is -0.383 e. The summed E-state index contributed by atoms with van der Waals surface area (Å²) in [6.07, 6.45) is 4.32. The molecule has 1 fully saturated rings. The van der Waals surface area contributed by atoms with Crippen molar-refractivity contribution in [2.24, 2.45) is 5.92 Å². The first-order valence-corrected chi connectivity index (χ1v) is 7.03. The van der Waals surface area contributed by atoms with Crippen LogP contribution in [0.4, 0.5) is 5.82 Å². The van der Waals surface area contributed by atoms with Crippen LogP contribution in [0.1, 0.15) is 18.4 Å². The van der Waals surface area contributed by atoms with Gasteiger partial charge in [-0.05, 0) is 43.9 Å². The Kier molecular flexibility index (Phi) is 5.54. The van der Waals surface area contributed by atoms with Crippen molar-refractivity contribution < 1.29 is 4.74 Å². The van der Waals surface area contributed by atoms with Gasteiger partial charge >= 0.3 is 0 Å². The number of aryl methyl sites for hydroxylation is 1. The van der Waals surface area contributed by atoms with Gasteiger partial charge in [0.25, 0.3) is 0 Å². The van der Waals surface area contributed by atoms with Crippen LogP contribution in [0.25, 0.3) is 0 Å². The maximum Gasteiger partial charge on any atom is 0.151 e. The zero-order valence-electron chi connectivity index (χ0n) is 11.9. The third kappa shape index (κ3) is 4.44. The summed E-state index contributed by atoms with van der Waals surface area (Å²) in [6, 6.07) is 2.12. The molecular formula is C14H24N4O. The van der Waals surface area contributed by atoms with E-state index >= 15 is 0 Å². The molecule has 1 atom stereocenters. The predicted octanol–water partition coefficient (Wildman–Crippen LogP) is 1.24. The number of nitrogens with one attached hydrogen (secondary N) is 1. The predicted molar refractivity (Wildman–Crippen MR) is 76.5 cm³/mol. The zero-order valence-corrected chi connectivity index (χ0v) is 11.9. The largest absolute Gasteiger partial charge is 0.383 e. The fourth-order valence-corrected chi connectivity index (χ4v) is 2.52. The third-order valence-electron chi connectivity index (χ3n) is 3.54. The average Bonchev–Trinajstić information content (AvgIpc) is 2.44. The van der Waals surface area contributed by atoms with Crippen molar-refractivity contribution in [3.63, 3.8) is 0 Å². The van der Waals surface area contributed by atoms with E-state index in [-0.39, 0.29) is 0 Å². The van der Waals surface area contributed by atoms with Crippen molar-refractivity contribution in [1.82, 2.24) is 15.5 Å². The molecule has 1 aliphatic heterocycles. The van der Waals surface area contributed by atoms with Gasteiger partial charge in [-0.3, -0.25) is 0 Å². The number of nitrogens with zero attached hydrogens (tertiary/aromatic N) is 3. The van der Waals surface area contributed by atoms with Gasteiger partial charge in [0.05, 0.1) is 12.8 Å². The van der Waals surface area contributed by atoms with Gasteiger partial charge in [0, 0.05) is 26.7 Å². The summed E-state index contributed by atoms with van der Waals surface area (Å²) in [4.78, 5) is 2.35. The normalized spacial score (nSPS) is 19.7. The van der Waals surface area contributed by atoms with Crippen LogP contribution in [0.15, 0.2) is 12.3 Å². The standard InChI is InChI=1S/C14H24N4O/c1-12-8-14(17-16-9-12)18-6-3-4-13(11-18)10-15-5-7-19-2/h8-9,13,15H,3-7,10-11H2,1-2H3. The summed E-state index contributed by atoms with van der Waals surface area (Å²) in [7, 11) is 1.74. The highest BCUT2D eigenvalue weighted by molar-refractivity contribution is 5.39. The molecule has 106 valence electrons. The van der Waals surface area contributed by atoms with Crippen LogP contribution in [0, 0.1) is 12.8 Å². The van der Waals surface area contributed by atoms with E-state index in [1.54, 1.807) is 13.3 Å². The Balaban J connectivity index is 1.83. The SMILES string of the molecule is COCCNCC1CCCN(c2cc(C)cnn2)C1. The first-order chi connectivity index (χ1) is 9.29.